The first kappa shape index (κ1) is 15.5. The van der Waals surface area contributed by atoms with Crippen molar-refractivity contribution in [3.63, 3.8) is 0 Å². The summed E-state index contributed by atoms with van der Waals surface area (Å²) in [6.45, 7) is -0.246. The summed E-state index contributed by atoms with van der Waals surface area (Å²) in [6.07, 6.45) is 1.30. The van der Waals surface area contributed by atoms with E-state index in [0.29, 0.717) is 5.75 Å². The van der Waals surface area contributed by atoms with Crippen LogP contribution in [0.5, 0.6) is 5.75 Å². The van der Waals surface area contributed by atoms with Gasteiger partial charge in [-0.25, -0.2) is 8.42 Å². The van der Waals surface area contributed by atoms with Gasteiger partial charge in [0.15, 0.2) is 5.03 Å². The summed E-state index contributed by atoms with van der Waals surface area (Å²) in [4.78, 5) is 0. The molecule has 0 spiro atoms. The van der Waals surface area contributed by atoms with Crippen molar-refractivity contribution in [1.82, 2.24) is 14.5 Å². The molecule has 114 valence electrons. The molecule has 0 fully saturated rings. The molecule has 0 saturated heterocycles. The summed E-state index contributed by atoms with van der Waals surface area (Å²) in [5, 5.41) is 15.2. The molecule has 0 atom stereocenters. The Balaban J connectivity index is 2.29. The van der Waals surface area contributed by atoms with Crippen LogP contribution in [0.4, 0.5) is 0 Å². The number of aliphatic hydroxyl groups excluding tert-OH is 1. The number of para-hydroxylation sites is 1. The number of methoxy groups -OCH3 is 1. The van der Waals surface area contributed by atoms with Crippen LogP contribution >= 0.6 is 0 Å². The highest BCUT2D eigenvalue weighted by atomic mass is 32.2. The van der Waals surface area contributed by atoms with E-state index in [9.17, 15) is 8.42 Å². The van der Waals surface area contributed by atoms with Crippen molar-refractivity contribution < 1.29 is 18.3 Å². The van der Waals surface area contributed by atoms with E-state index < -0.39 is 16.6 Å². The van der Waals surface area contributed by atoms with Crippen LogP contribution in [0.25, 0.3) is 0 Å². The van der Waals surface area contributed by atoms with E-state index in [4.69, 9.17) is 9.84 Å². The van der Waals surface area contributed by atoms with Gasteiger partial charge in [-0.2, -0.15) is 9.40 Å². The number of hydrogen-bond donors (Lipinski definition) is 2. The zero-order valence-corrected chi connectivity index (χ0v) is 12.6. The second-order valence-corrected chi connectivity index (χ2v) is 6.44. The number of hydrogen-bond acceptors (Lipinski definition) is 5. The molecule has 0 aliphatic carbocycles. The molecular weight excluding hydrogens is 294 g/mol. The van der Waals surface area contributed by atoms with Crippen LogP contribution in [0.2, 0.25) is 0 Å². The van der Waals surface area contributed by atoms with Crippen LogP contribution in [0, 0.1) is 0 Å². The molecule has 0 aliphatic rings. The van der Waals surface area contributed by atoms with Crippen molar-refractivity contribution in [2.24, 2.45) is 0 Å². The number of rotatable bonds is 6. The van der Waals surface area contributed by atoms with Crippen LogP contribution in [0.3, 0.4) is 0 Å². The topological polar surface area (TPSA) is 95.5 Å². The molecule has 0 unspecified atom stereocenters. The normalized spacial score (nSPS) is 11.8. The Morgan fingerprint density at radius 2 is 2.05 bits per heavy atom. The van der Waals surface area contributed by atoms with Crippen LogP contribution in [-0.2, 0) is 23.2 Å². The lowest BCUT2D eigenvalue weighted by molar-refractivity contribution is 0.278. The molecule has 0 saturated carbocycles. The zero-order chi connectivity index (χ0) is 15.5. The first-order valence-corrected chi connectivity index (χ1v) is 7.66. The Morgan fingerprint density at radius 3 is 2.71 bits per heavy atom. The number of benzene rings is 1. The van der Waals surface area contributed by atoms with Gasteiger partial charge in [0.05, 0.1) is 19.9 Å². The van der Waals surface area contributed by atoms with Crippen molar-refractivity contribution >= 4 is 10.0 Å². The van der Waals surface area contributed by atoms with Gasteiger partial charge in [0.2, 0.25) is 0 Å². The van der Waals surface area contributed by atoms with Gasteiger partial charge in [-0.05, 0) is 6.07 Å². The standard InChI is InChI=1S/C13H17N3O4S/c1-16(8-10-5-3-4-6-12(10)20-2)21(18,19)13-11(9-17)7-14-15-13/h3-7,17H,8-9H2,1-2H3,(H,14,15). The third-order valence-corrected chi connectivity index (χ3v) is 4.92. The third-order valence-electron chi connectivity index (χ3n) is 3.10. The monoisotopic (exact) mass is 311 g/mol. The van der Waals surface area contributed by atoms with E-state index in [-0.39, 0.29) is 17.1 Å². The molecule has 0 bridgehead atoms. The first-order valence-electron chi connectivity index (χ1n) is 6.22. The van der Waals surface area contributed by atoms with E-state index in [2.05, 4.69) is 10.2 Å². The Morgan fingerprint density at radius 1 is 1.33 bits per heavy atom. The number of nitrogens with zero attached hydrogens (tertiary/aromatic N) is 2. The second kappa shape index (κ2) is 6.25. The Labute approximate surface area is 123 Å². The summed E-state index contributed by atoms with van der Waals surface area (Å²) in [6, 6.07) is 7.19. The van der Waals surface area contributed by atoms with Gasteiger partial charge in [-0.3, -0.25) is 5.10 Å². The highest BCUT2D eigenvalue weighted by molar-refractivity contribution is 7.89. The van der Waals surface area contributed by atoms with Crippen molar-refractivity contribution in [3.05, 3.63) is 41.6 Å². The predicted molar refractivity (Wildman–Crippen MR) is 76.2 cm³/mol. The minimum Gasteiger partial charge on any atom is -0.496 e. The quantitative estimate of drug-likeness (QED) is 0.820. The van der Waals surface area contributed by atoms with Crippen LogP contribution in [0.1, 0.15) is 11.1 Å². The van der Waals surface area contributed by atoms with E-state index in [1.165, 1.54) is 24.7 Å². The van der Waals surface area contributed by atoms with Gasteiger partial charge in [0.1, 0.15) is 5.75 Å². The molecule has 0 amide bonds. The number of nitrogens with one attached hydrogen (secondary N) is 1. The second-order valence-electron chi connectivity index (χ2n) is 4.46. The average Bonchev–Trinajstić information content (AvgIpc) is 2.97. The van der Waals surface area contributed by atoms with Crippen LogP contribution in [0.15, 0.2) is 35.5 Å². The summed E-state index contributed by atoms with van der Waals surface area (Å²) < 4.78 is 31.4. The van der Waals surface area contributed by atoms with Crippen molar-refractivity contribution in [2.75, 3.05) is 14.2 Å². The highest BCUT2D eigenvalue weighted by Crippen LogP contribution is 2.23. The predicted octanol–water partition coefficient (Wildman–Crippen LogP) is 0.731. The average molecular weight is 311 g/mol. The van der Waals surface area contributed by atoms with Gasteiger partial charge in [-0.15, -0.1) is 0 Å². The summed E-state index contributed by atoms with van der Waals surface area (Å²) >= 11 is 0. The SMILES string of the molecule is COc1ccccc1CN(C)S(=O)(=O)c1[nH]ncc1CO. The van der Waals surface area contributed by atoms with E-state index in [0.717, 1.165) is 5.56 Å². The maximum absolute atomic E-state index is 12.5. The molecule has 21 heavy (non-hydrogen) atoms. The van der Waals surface area contributed by atoms with Gasteiger partial charge in [-0.1, -0.05) is 18.2 Å². The molecular formula is C13H17N3O4S. The molecule has 7 nitrogen and oxygen atoms in total. The van der Waals surface area contributed by atoms with Crippen molar-refractivity contribution in [2.45, 2.75) is 18.2 Å². The maximum atomic E-state index is 12.5. The fourth-order valence-corrected chi connectivity index (χ4v) is 3.19. The van der Waals surface area contributed by atoms with Gasteiger partial charge in [0.25, 0.3) is 10.0 Å². The molecule has 0 aliphatic heterocycles. The fraction of sp³-hybridized carbons (Fsp3) is 0.308. The molecule has 2 N–H and O–H groups in total. The molecule has 1 aromatic heterocycles. The Kier molecular flexibility index (Phi) is 4.61. The van der Waals surface area contributed by atoms with E-state index in [1.807, 2.05) is 12.1 Å². The molecule has 1 heterocycles. The van der Waals surface area contributed by atoms with Crippen molar-refractivity contribution in [3.8, 4) is 5.75 Å². The molecule has 2 rings (SSSR count). The lowest BCUT2D eigenvalue weighted by atomic mass is 10.2. The Hall–Kier alpha value is -1.90. The fourth-order valence-electron chi connectivity index (χ4n) is 1.95. The minimum atomic E-state index is -3.76. The van der Waals surface area contributed by atoms with Gasteiger partial charge < -0.3 is 9.84 Å². The van der Waals surface area contributed by atoms with Crippen LogP contribution in [-0.4, -0.2) is 42.2 Å². The smallest absolute Gasteiger partial charge is 0.260 e. The number of ether oxygens (including phenoxy) is 1. The summed E-state index contributed by atoms with van der Waals surface area (Å²) in [5.41, 5.74) is 0.984. The first-order chi connectivity index (χ1) is 10.0. The third kappa shape index (κ3) is 3.07. The van der Waals surface area contributed by atoms with E-state index in [1.54, 1.807) is 12.1 Å². The number of aromatic nitrogens is 2. The summed E-state index contributed by atoms with van der Waals surface area (Å²) in [7, 11) is -0.766. The zero-order valence-electron chi connectivity index (χ0n) is 11.8. The lowest BCUT2D eigenvalue weighted by Gasteiger charge is -2.18. The largest absolute Gasteiger partial charge is 0.496 e. The Bertz CT molecular complexity index is 712. The summed E-state index contributed by atoms with van der Waals surface area (Å²) in [5.74, 6) is 0.617. The number of sulfonamides is 1. The lowest BCUT2D eigenvalue weighted by Crippen LogP contribution is -2.27. The molecule has 0 radical (unpaired) electrons. The molecule has 2 aromatic rings. The minimum absolute atomic E-state index is 0.0950. The number of H-pyrrole nitrogens is 1. The van der Waals surface area contributed by atoms with Crippen LogP contribution < -0.4 is 4.74 Å². The van der Waals surface area contributed by atoms with Crippen molar-refractivity contribution in [1.29, 1.82) is 0 Å². The number of aromatic amines is 1. The maximum Gasteiger partial charge on any atom is 0.260 e. The number of aliphatic hydroxyl groups is 1. The van der Waals surface area contributed by atoms with E-state index >= 15 is 0 Å². The van der Waals surface area contributed by atoms with Gasteiger partial charge >= 0.3 is 0 Å². The highest BCUT2D eigenvalue weighted by Gasteiger charge is 2.26. The molecule has 1 aromatic carbocycles. The molecule has 8 heteroatoms. The van der Waals surface area contributed by atoms with Gasteiger partial charge in [0, 0.05) is 24.7 Å².